The summed E-state index contributed by atoms with van der Waals surface area (Å²) in [6.07, 6.45) is -2.84. The summed E-state index contributed by atoms with van der Waals surface area (Å²) in [5.41, 5.74) is 6.05. The quantitative estimate of drug-likeness (QED) is 0.157. The number of thioether (sulfide) groups is 1. The zero-order chi connectivity index (χ0) is 18.3. The van der Waals surface area contributed by atoms with Gasteiger partial charge in [-0.3, -0.25) is 5.41 Å². The molecule has 0 aliphatic carbocycles. The van der Waals surface area contributed by atoms with E-state index in [2.05, 4.69) is 20.4 Å². The summed E-state index contributed by atoms with van der Waals surface area (Å²) >= 11 is 1.31. The molecule has 0 bridgehead atoms. The fraction of sp³-hybridized carbons (Fsp3) is 0.538. The smallest absolute Gasteiger partial charge is 0.191 e. The summed E-state index contributed by atoms with van der Waals surface area (Å²) in [6.45, 7) is -0.458. The van der Waals surface area contributed by atoms with Crippen LogP contribution < -0.4 is 11.1 Å². The van der Waals surface area contributed by atoms with Crippen LogP contribution in [-0.2, 0) is 4.74 Å². The Hall–Kier alpha value is -1.99. The van der Waals surface area contributed by atoms with Gasteiger partial charge in [-0.15, -0.1) is 0 Å². The Kier molecular flexibility index (Phi) is 4.79. The van der Waals surface area contributed by atoms with Crippen molar-refractivity contribution in [1.82, 2.24) is 19.7 Å². The number of fused-ring (bicyclic) bond motifs is 1. The van der Waals surface area contributed by atoms with Crippen molar-refractivity contribution in [3.8, 4) is 0 Å². The standard InChI is InChI=1S/C13H19N7O4S/c1-16-10-5-6(9(14)15)19-20(11(5)18-13(17-10)25-2)12-8(23)7(22)4(3-21)24-12/h4,7-8,12,21-23H,3H2,1-2H3,(H3,14,15)(H,16,17,18)/t4-,7-,8-,12-/m1/s1. The maximum Gasteiger partial charge on any atom is 0.191 e. The first-order valence-corrected chi connectivity index (χ1v) is 8.64. The van der Waals surface area contributed by atoms with Crippen molar-refractivity contribution in [3.63, 3.8) is 0 Å². The highest BCUT2D eigenvalue weighted by molar-refractivity contribution is 7.98. The van der Waals surface area contributed by atoms with Gasteiger partial charge >= 0.3 is 0 Å². The van der Waals surface area contributed by atoms with Gasteiger partial charge in [0.15, 0.2) is 17.0 Å². The van der Waals surface area contributed by atoms with Gasteiger partial charge in [-0.25, -0.2) is 14.6 Å². The minimum absolute atomic E-state index is 0.129. The van der Waals surface area contributed by atoms with Crippen LogP contribution in [0.25, 0.3) is 11.0 Å². The second kappa shape index (κ2) is 6.72. The van der Waals surface area contributed by atoms with E-state index in [-0.39, 0.29) is 11.5 Å². The van der Waals surface area contributed by atoms with Gasteiger partial charge in [-0.1, -0.05) is 11.8 Å². The number of rotatable bonds is 5. The molecule has 11 nitrogen and oxygen atoms in total. The molecule has 0 spiro atoms. The maximum absolute atomic E-state index is 10.3. The molecule has 0 aromatic carbocycles. The minimum Gasteiger partial charge on any atom is -0.394 e. The number of hydrogen-bond acceptors (Lipinski definition) is 10. The first-order valence-electron chi connectivity index (χ1n) is 7.41. The molecular formula is C13H19N7O4S. The van der Waals surface area contributed by atoms with Crippen LogP contribution in [0.3, 0.4) is 0 Å². The van der Waals surface area contributed by atoms with Crippen molar-refractivity contribution < 1.29 is 20.1 Å². The summed E-state index contributed by atoms with van der Waals surface area (Å²) in [4.78, 5) is 8.71. The van der Waals surface area contributed by atoms with E-state index in [4.69, 9.17) is 15.9 Å². The Labute approximate surface area is 146 Å². The van der Waals surface area contributed by atoms with Gasteiger partial charge in [0.25, 0.3) is 0 Å². The van der Waals surface area contributed by atoms with Gasteiger partial charge < -0.3 is 31.1 Å². The normalized spacial score (nSPS) is 26.3. The zero-order valence-corrected chi connectivity index (χ0v) is 14.4. The van der Waals surface area contributed by atoms with Crippen molar-refractivity contribution in [3.05, 3.63) is 5.69 Å². The number of hydrogen-bond donors (Lipinski definition) is 6. The first kappa shape index (κ1) is 17.8. The molecule has 7 N–H and O–H groups in total. The molecule has 1 aliphatic rings. The van der Waals surface area contributed by atoms with E-state index >= 15 is 0 Å². The average molecular weight is 369 g/mol. The lowest BCUT2D eigenvalue weighted by atomic mass is 10.1. The van der Waals surface area contributed by atoms with Crippen molar-refractivity contribution in [2.75, 3.05) is 25.2 Å². The second-order valence-corrected chi connectivity index (χ2v) is 6.22. The van der Waals surface area contributed by atoms with E-state index < -0.39 is 31.1 Å². The summed E-state index contributed by atoms with van der Waals surface area (Å²) in [6, 6.07) is 0. The van der Waals surface area contributed by atoms with Crippen LogP contribution in [0.2, 0.25) is 0 Å². The lowest BCUT2D eigenvalue weighted by Crippen LogP contribution is -2.33. The third kappa shape index (κ3) is 2.81. The maximum atomic E-state index is 10.3. The van der Waals surface area contributed by atoms with Crippen LogP contribution in [0.15, 0.2) is 5.16 Å². The topological polar surface area (TPSA) is 175 Å². The molecular weight excluding hydrogens is 350 g/mol. The van der Waals surface area contributed by atoms with Gasteiger partial charge in [0.2, 0.25) is 0 Å². The number of amidine groups is 1. The summed E-state index contributed by atoms with van der Waals surface area (Å²) < 4.78 is 6.78. The Morgan fingerprint density at radius 3 is 2.64 bits per heavy atom. The fourth-order valence-corrected chi connectivity index (χ4v) is 3.10. The van der Waals surface area contributed by atoms with Crippen LogP contribution in [-0.4, -0.2) is 79.1 Å². The zero-order valence-electron chi connectivity index (χ0n) is 13.5. The van der Waals surface area contributed by atoms with E-state index in [1.54, 1.807) is 13.3 Å². The Balaban J connectivity index is 2.23. The molecule has 1 aliphatic heterocycles. The molecule has 0 amide bonds. The molecule has 2 aromatic heterocycles. The first-order chi connectivity index (χ1) is 11.9. The lowest BCUT2D eigenvalue weighted by molar-refractivity contribution is -0.0567. The Morgan fingerprint density at radius 2 is 2.12 bits per heavy atom. The molecule has 0 saturated carbocycles. The third-order valence-electron chi connectivity index (χ3n) is 3.96. The highest BCUT2D eigenvalue weighted by Gasteiger charge is 2.45. The van der Waals surface area contributed by atoms with Crippen molar-refractivity contribution >= 4 is 34.4 Å². The minimum atomic E-state index is -1.33. The highest BCUT2D eigenvalue weighted by Crippen LogP contribution is 2.34. The summed E-state index contributed by atoms with van der Waals surface area (Å²) in [5.74, 6) is 0.130. The van der Waals surface area contributed by atoms with Gasteiger partial charge in [0, 0.05) is 7.05 Å². The van der Waals surface area contributed by atoms with Crippen LogP contribution in [0.5, 0.6) is 0 Å². The SMILES string of the molecule is CNc1nc(SC)nc2c1c(C(=N)N)nn2[C@@H]1O[C@H](CO)[C@@H](O)[C@H]1O. The number of aliphatic hydroxyl groups is 3. The monoisotopic (exact) mass is 369 g/mol. The van der Waals surface area contributed by atoms with Crippen molar-refractivity contribution in [1.29, 1.82) is 5.41 Å². The van der Waals surface area contributed by atoms with Gasteiger partial charge in [-0.05, 0) is 6.26 Å². The molecule has 25 heavy (non-hydrogen) atoms. The van der Waals surface area contributed by atoms with E-state index in [1.165, 1.54) is 16.4 Å². The number of aromatic nitrogens is 4. The molecule has 3 heterocycles. The molecule has 0 unspecified atom stereocenters. The van der Waals surface area contributed by atoms with E-state index in [9.17, 15) is 15.3 Å². The predicted octanol–water partition coefficient (Wildman–Crippen LogP) is -1.51. The van der Waals surface area contributed by atoms with Crippen LogP contribution in [0.4, 0.5) is 5.82 Å². The molecule has 4 atom stereocenters. The van der Waals surface area contributed by atoms with Crippen LogP contribution in [0.1, 0.15) is 11.9 Å². The van der Waals surface area contributed by atoms with Crippen LogP contribution in [0, 0.1) is 5.41 Å². The highest BCUT2D eigenvalue weighted by atomic mass is 32.2. The van der Waals surface area contributed by atoms with Gasteiger partial charge in [0.05, 0.1) is 12.0 Å². The van der Waals surface area contributed by atoms with Crippen molar-refractivity contribution in [2.24, 2.45) is 5.73 Å². The number of nitrogens with two attached hydrogens (primary N) is 1. The summed E-state index contributed by atoms with van der Waals surface area (Å²) in [7, 11) is 1.67. The molecule has 12 heteroatoms. The molecule has 1 fully saturated rings. The number of nitrogens with one attached hydrogen (secondary N) is 2. The number of aliphatic hydroxyl groups excluding tert-OH is 3. The average Bonchev–Trinajstić information content (AvgIpc) is 3.12. The molecule has 3 rings (SSSR count). The third-order valence-corrected chi connectivity index (χ3v) is 4.51. The Morgan fingerprint density at radius 1 is 1.40 bits per heavy atom. The number of nitrogens with zero attached hydrogens (tertiary/aromatic N) is 4. The predicted molar refractivity (Wildman–Crippen MR) is 90.7 cm³/mol. The molecule has 136 valence electrons. The largest absolute Gasteiger partial charge is 0.394 e. The molecule has 0 radical (unpaired) electrons. The number of nitrogen functional groups attached to an aromatic ring is 1. The fourth-order valence-electron chi connectivity index (χ4n) is 2.74. The van der Waals surface area contributed by atoms with Crippen molar-refractivity contribution in [2.45, 2.75) is 29.7 Å². The Bertz CT molecular complexity index is 813. The molecule has 1 saturated heterocycles. The lowest BCUT2D eigenvalue weighted by Gasteiger charge is -2.16. The van der Waals surface area contributed by atoms with Gasteiger partial charge in [-0.2, -0.15) is 5.10 Å². The summed E-state index contributed by atoms with van der Waals surface area (Å²) in [5, 5.41) is 45.3. The second-order valence-electron chi connectivity index (χ2n) is 5.44. The number of ether oxygens (including phenoxy) is 1. The van der Waals surface area contributed by atoms with E-state index in [1.807, 2.05) is 0 Å². The van der Waals surface area contributed by atoms with E-state index in [0.29, 0.717) is 22.0 Å². The van der Waals surface area contributed by atoms with Crippen LogP contribution >= 0.6 is 11.8 Å². The van der Waals surface area contributed by atoms with E-state index in [0.717, 1.165) is 0 Å². The number of anilines is 1. The molecule has 2 aromatic rings. The van der Waals surface area contributed by atoms with Gasteiger partial charge in [0.1, 0.15) is 35.7 Å².